The zero-order valence-corrected chi connectivity index (χ0v) is 17.9. The summed E-state index contributed by atoms with van der Waals surface area (Å²) in [7, 11) is 0. The van der Waals surface area contributed by atoms with Crippen LogP contribution in [-0.2, 0) is 0 Å². The second kappa shape index (κ2) is 8.68. The Morgan fingerprint density at radius 3 is 1.00 bits per heavy atom. The summed E-state index contributed by atoms with van der Waals surface area (Å²) in [5.74, 6) is -30.1. The van der Waals surface area contributed by atoms with E-state index in [9.17, 15) is 57.4 Å². The summed E-state index contributed by atoms with van der Waals surface area (Å²) in [5, 5.41) is -2.43. The van der Waals surface area contributed by atoms with Crippen molar-refractivity contribution >= 4 is 51.1 Å². The van der Waals surface area contributed by atoms with Gasteiger partial charge in [-0.05, 0) is 5.34 Å². The van der Waals surface area contributed by atoms with Crippen LogP contribution >= 0.6 is 0 Å². The number of halogens is 15. The van der Waals surface area contributed by atoms with Gasteiger partial charge in [0.15, 0.2) is 86.3 Å². The Bertz CT molecular complexity index is 1920. The van der Waals surface area contributed by atoms with Gasteiger partial charge >= 0.3 is 0 Å². The van der Waals surface area contributed by atoms with Gasteiger partial charge < -0.3 is 0 Å². The van der Waals surface area contributed by atoms with Crippen molar-refractivity contribution in [2.75, 3.05) is 5.34 Å². The molecule has 0 atom stereocenters. The molecule has 3 aromatic heterocycles. The molecule has 0 N–H and O–H groups in total. The molecule has 0 spiro atoms. The third-order valence-corrected chi connectivity index (χ3v) is 5.53. The molecule has 5 rings (SSSR count). The highest BCUT2D eigenvalue weighted by Crippen LogP contribution is 2.43. The maximum Gasteiger partial charge on any atom is 0.190 e. The largest absolute Gasteiger partial charge is 0.236 e. The molecule has 40 heavy (non-hydrogen) atoms. The average molecular weight is 595 g/mol. The predicted molar refractivity (Wildman–Crippen MR) is 104 cm³/mol. The van der Waals surface area contributed by atoms with Crippen LogP contribution in [0.15, 0.2) is 0 Å². The van der Waals surface area contributed by atoms with Crippen molar-refractivity contribution in [3.8, 4) is 0 Å². The summed E-state index contributed by atoms with van der Waals surface area (Å²) in [6, 6.07) is 0. The van der Waals surface area contributed by atoms with Gasteiger partial charge in [-0.3, -0.25) is 0 Å². The van der Waals surface area contributed by atoms with E-state index >= 15 is 8.78 Å². The molecule has 0 unspecified atom stereocenters. The fourth-order valence-electron chi connectivity index (χ4n) is 3.76. The molecule has 2 aliphatic rings. The lowest BCUT2D eigenvalue weighted by molar-refractivity contribution is 0.232. The van der Waals surface area contributed by atoms with Crippen molar-refractivity contribution in [2.24, 2.45) is 0 Å². The standard InChI is InChI=1S/C20F15N5/c21-1-2(22)14-9(29)18-11(31)20(40(34)35)19(39(18)33)10(30)15-4(24)3(23)13(37-15)8(28)17-6(26)5(25)16(38(17)32)7(27)12(1)36-14. The van der Waals surface area contributed by atoms with E-state index < -0.39 is 129 Å². The first-order valence-corrected chi connectivity index (χ1v) is 9.77. The van der Waals surface area contributed by atoms with Gasteiger partial charge in [-0.15, -0.1) is 0 Å². The molecular formula is C20F15N5. The van der Waals surface area contributed by atoms with E-state index in [1.54, 1.807) is 0 Å². The van der Waals surface area contributed by atoms with Gasteiger partial charge in [0, 0.05) is 0 Å². The minimum Gasteiger partial charge on any atom is -0.236 e. The Kier molecular flexibility index (Phi) is 5.84. The van der Waals surface area contributed by atoms with Crippen molar-refractivity contribution in [1.82, 2.24) is 19.5 Å². The van der Waals surface area contributed by atoms with E-state index in [0.717, 1.165) is 0 Å². The van der Waals surface area contributed by atoms with Gasteiger partial charge in [0.1, 0.15) is 28.3 Å². The number of hydrogen-bond acceptors (Lipinski definition) is 3. The highest BCUT2D eigenvalue weighted by atomic mass is 19.4. The van der Waals surface area contributed by atoms with Crippen molar-refractivity contribution in [1.29, 1.82) is 0 Å². The third-order valence-electron chi connectivity index (χ3n) is 5.53. The van der Waals surface area contributed by atoms with E-state index in [4.69, 9.17) is 0 Å². The number of fused-ring (bicyclic) bond motifs is 8. The summed E-state index contributed by atoms with van der Waals surface area (Å²) in [6.45, 7) is 0. The van der Waals surface area contributed by atoms with Gasteiger partial charge in [0.2, 0.25) is 0 Å². The Morgan fingerprint density at radius 1 is 0.400 bits per heavy atom. The lowest BCUT2D eigenvalue weighted by Crippen LogP contribution is -1.99. The molecule has 0 aliphatic carbocycles. The molecule has 210 valence electrons. The maximum absolute atomic E-state index is 15.1. The minimum atomic E-state index is -2.83. The highest BCUT2D eigenvalue weighted by molar-refractivity contribution is 5.91. The van der Waals surface area contributed by atoms with Gasteiger partial charge in [0.05, 0.1) is 0 Å². The highest BCUT2D eigenvalue weighted by Gasteiger charge is 2.37. The molecule has 0 radical (unpaired) electrons. The van der Waals surface area contributed by atoms with Crippen LogP contribution in [0.3, 0.4) is 0 Å². The minimum absolute atomic E-state index is 1.61. The second-order valence-electron chi connectivity index (χ2n) is 7.61. The Balaban J connectivity index is 2.22. The molecule has 0 amide bonds. The van der Waals surface area contributed by atoms with Crippen LogP contribution in [0, 0.1) is 40.7 Å². The summed E-state index contributed by atoms with van der Waals surface area (Å²) < 4.78 is 217. The summed E-state index contributed by atoms with van der Waals surface area (Å²) >= 11 is 0. The zero-order chi connectivity index (χ0) is 29.7. The lowest BCUT2D eigenvalue weighted by Gasteiger charge is -2.00. The molecule has 2 aliphatic heterocycles. The molecule has 0 fully saturated rings. The number of rotatable bonds is 1. The SMILES string of the molecule is FC1=C(F)c2nc1c(F)c1c(F)c(F)c(c(F)c3nc(c(F)c4c(N(F)F)c(F)c(c2F)n4F)C(F)=C3F)n1F. The smallest absolute Gasteiger partial charge is 0.190 e. The first-order valence-electron chi connectivity index (χ1n) is 9.77. The summed E-state index contributed by atoms with van der Waals surface area (Å²) in [6.07, 6.45) is 0. The van der Waals surface area contributed by atoms with Gasteiger partial charge in [-0.25, -0.2) is 58.3 Å². The summed E-state index contributed by atoms with van der Waals surface area (Å²) in [5.41, 5.74) is -21.5. The van der Waals surface area contributed by atoms with Gasteiger partial charge in [-0.1, -0.05) is 17.9 Å². The van der Waals surface area contributed by atoms with Crippen LogP contribution in [0.1, 0.15) is 22.8 Å². The second-order valence-corrected chi connectivity index (χ2v) is 7.61. The molecule has 0 saturated heterocycles. The van der Waals surface area contributed by atoms with Crippen LogP contribution in [0.5, 0.6) is 0 Å². The molecule has 5 heterocycles. The first-order chi connectivity index (χ1) is 18.6. The Morgan fingerprint density at radius 2 is 0.675 bits per heavy atom. The quantitative estimate of drug-likeness (QED) is 0.213. The average Bonchev–Trinajstić information content (AvgIpc) is 3.52. The fourth-order valence-corrected chi connectivity index (χ4v) is 3.76. The van der Waals surface area contributed by atoms with Crippen LogP contribution in [0.2, 0.25) is 0 Å². The van der Waals surface area contributed by atoms with Crippen molar-refractivity contribution in [3.63, 3.8) is 0 Å². The zero-order valence-electron chi connectivity index (χ0n) is 17.9. The molecule has 0 aromatic carbocycles. The monoisotopic (exact) mass is 595 g/mol. The van der Waals surface area contributed by atoms with E-state index in [0.29, 0.717) is 0 Å². The Hall–Kier alpha value is -4.65. The van der Waals surface area contributed by atoms with Crippen LogP contribution in [-0.4, -0.2) is 19.5 Å². The van der Waals surface area contributed by atoms with Crippen molar-refractivity contribution < 1.29 is 66.2 Å². The molecular weight excluding hydrogens is 595 g/mol. The number of anilines is 1. The third kappa shape index (κ3) is 3.27. The molecule has 3 aromatic rings. The van der Waals surface area contributed by atoms with E-state index in [2.05, 4.69) is 9.97 Å². The van der Waals surface area contributed by atoms with E-state index in [1.807, 2.05) is 0 Å². The first kappa shape index (κ1) is 26.9. The molecule has 8 bridgehead atoms. The van der Waals surface area contributed by atoms with Crippen LogP contribution < -0.4 is 5.34 Å². The predicted octanol–water partition coefficient (Wildman–Crippen LogP) is 7.81. The molecule has 0 saturated carbocycles. The van der Waals surface area contributed by atoms with E-state index in [1.165, 1.54) is 0 Å². The van der Waals surface area contributed by atoms with Crippen molar-refractivity contribution in [2.45, 2.75) is 0 Å². The lowest BCUT2D eigenvalue weighted by atomic mass is 10.2. The van der Waals surface area contributed by atoms with Crippen LogP contribution in [0.25, 0.3) is 45.4 Å². The van der Waals surface area contributed by atoms with Gasteiger partial charge in [-0.2, -0.15) is 9.58 Å². The normalized spacial score (nSPS) is 13.7. The number of hydrogen-bond donors (Lipinski definition) is 0. The molecule has 20 heteroatoms. The maximum atomic E-state index is 15.1. The Labute approximate surface area is 206 Å². The molecule has 5 nitrogen and oxygen atoms in total. The van der Waals surface area contributed by atoms with Crippen LogP contribution in [0.4, 0.5) is 71.9 Å². The fraction of sp³-hybridized carbons (Fsp3) is 0. The number of aromatic nitrogens is 4. The topological polar surface area (TPSA) is 38.9 Å². The number of nitrogens with zero attached hydrogens (tertiary/aromatic N) is 5. The van der Waals surface area contributed by atoms with Gasteiger partial charge in [0.25, 0.3) is 0 Å². The van der Waals surface area contributed by atoms with Crippen molar-refractivity contribution in [3.05, 3.63) is 63.5 Å². The van der Waals surface area contributed by atoms with E-state index in [-0.39, 0.29) is 0 Å². The summed E-state index contributed by atoms with van der Waals surface area (Å²) in [4.78, 5) is 1.89.